The predicted octanol–water partition coefficient (Wildman–Crippen LogP) is 2.43. The van der Waals surface area contributed by atoms with Crippen LogP contribution in [0, 0.1) is 11.3 Å². The van der Waals surface area contributed by atoms with Crippen LogP contribution in [0.1, 0.15) is 33.5 Å². The Balaban J connectivity index is 2.00. The molecule has 5 nitrogen and oxygen atoms in total. The first kappa shape index (κ1) is 14.7. The fraction of sp³-hybridized carbons (Fsp3) is 0.533. The van der Waals surface area contributed by atoms with Crippen LogP contribution < -0.4 is 5.32 Å². The lowest BCUT2D eigenvalue weighted by Gasteiger charge is -2.29. The van der Waals surface area contributed by atoms with Gasteiger partial charge >= 0.3 is 0 Å². The molecule has 20 heavy (non-hydrogen) atoms. The van der Waals surface area contributed by atoms with Gasteiger partial charge in [0.1, 0.15) is 0 Å². The van der Waals surface area contributed by atoms with Gasteiger partial charge in [-0.1, -0.05) is 45.9 Å². The van der Waals surface area contributed by atoms with Crippen molar-refractivity contribution >= 4 is 0 Å². The number of tetrazole rings is 1. The summed E-state index contributed by atoms with van der Waals surface area (Å²) in [5.41, 5.74) is 1.24. The van der Waals surface area contributed by atoms with Crippen molar-refractivity contribution < 1.29 is 0 Å². The van der Waals surface area contributed by atoms with Crippen LogP contribution >= 0.6 is 0 Å². The SMILES string of the molecule is CC(C)C(C)(C)CNCc1nnnn1-c1ccccc1. The Morgan fingerprint density at radius 1 is 1.20 bits per heavy atom. The monoisotopic (exact) mass is 273 g/mol. The van der Waals surface area contributed by atoms with Crippen LogP contribution in [-0.2, 0) is 6.54 Å². The first-order chi connectivity index (χ1) is 9.50. The number of para-hydroxylation sites is 1. The van der Waals surface area contributed by atoms with E-state index in [9.17, 15) is 0 Å². The zero-order chi connectivity index (χ0) is 14.6. The maximum absolute atomic E-state index is 4.10. The quantitative estimate of drug-likeness (QED) is 0.878. The van der Waals surface area contributed by atoms with Gasteiger partial charge in [0.2, 0.25) is 0 Å². The van der Waals surface area contributed by atoms with Crippen molar-refractivity contribution in [2.45, 2.75) is 34.2 Å². The van der Waals surface area contributed by atoms with Gasteiger partial charge in [-0.25, -0.2) is 0 Å². The van der Waals surface area contributed by atoms with Gasteiger partial charge in [0.15, 0.2) is 5.82 Å². The molecule has 0 aliphatic rings. The van der Waals surface area contributed by atoms with E-state index in [2.05, 4.69) is 48.5 Å². The van der Waals surface area contributed by atoms with Crippen molar-refractivity contribution in [3.63, 3.8) is 0 Å². The van der Waals surface area contributed by atoms with Gasteiger partial charge in [0.05, 0.1) is 12.2 Å². The summed E-state index contributed by atoms with van der Waals surface area (Å²) >= 11 is 0. The molecule has 108 valence electrons. The molecule has 0 saturated heterocycles. The number of hydrogen-bond acceptors (Lipinski definition) is 4. The van der Waals surface area contributed by atoms with Crippen LogP contribution in [0.25, 0.3) is 5.69 Å². The standard InChI is InChI=1S/C15H23N5/c1-12(2)15(3,4)11-16-10-14-17-18-19-20(14)13-8-6-5-7-9-13/h5-9,12,16H,10-11H2,1-4H3. The topological polar surface area (TPSA) is 55.6 Å². The first-order valence-electron chi connectivity index (χ1n) is 7.04. The Bertz CT molecular complexity index is 530. The van der Waals surface area contributed by atoms with E-state index in [-0.39, 0.29) is 5.41 Å². The Morgan fingerprint density at radius 2 is 1.90 bits per heavy atom. The van der Waals surface area contributed by atoms with E-state index < -0.39 is 0 Å². The smallest absolute Gasteiger partial charge is 0.170 e. The molecule has 0 aliphatic carbocycles. The van der Waals surface area contributed by atoms with E-state index in [4.69, 9.17) is 0 Å². The average molecular weight is 273 g/mol. The molecular weight excluding hydrogens is 250 g/mol. The summed E-state index contributed by atoms with van der Waals surface area (Å²) in [7, 11) is 0. The number of nitrogens with zero attached hydrogens (tertiary/aromatic N) is 4. The molecule has 1 aromatic carbocycles. The van der Waals surface area contributed by atoms with E-state index in [1.54, 1.807) is 4.68 Å². The van der Waals surface area contributed by atoms with Crippen LogP contribution in [0.4, 0.5) is 0 Å². The molecule has 0 atom stereocenters. The average Bonchev–Trinajstić information content (AvgIpc) is 2.88. The number of rotatable bonds is 6. The van der Waals surface area contributed by atoms with Crippen molar-refractivity contribution in [3.8, 4) is 5.69 Å². The summed E-state index contributed by atoms with van der Waals surface area (Å²) < 4.78 is 1.77. The normalized spacial score (nSPS) is 12.1. The minimum Gasteiger partial charge on any atom is -0.309 e. The third-order valence-corrected chi connectivity index (χ3v) is 3.96. The predicted molar refractivity (Wildman–Crippen MR) is 79.5 cm³/mol. The summed E-state index contributed by atoms with van der Waals surface area (Å²) in [5.74, 6) is 1.45. The van der Waals surface area contributed by atoms with Gasteiger partial charge < -0.3 is 5.32 Å². The van der Waals surface area contributed by atoms with E-state index in [0.717, 1.165) is 18.1 Å². The number of nitrogens with one attached hydrogen (secondary N) is 1. The third kappa shape index (κ3) is 3.42. The Morgan fingerprint density at radius 3 is 2.55 bits per heavy atom. The molecule has 0 bridgehead atoms. The molecule has 0 radical (unpaired) electrons. The molecule has 5 heteroatoms. The molecule has 0 saturated carbocycles. The number of aromatic nitrogens is 4. The summed E-state index contributed by atoms with van der Waals surface area (Å²) in [6.07, 6.45) is 0. The van der Waals surface area contributed by atoms with Crippen LogP contribution in [-0.4, -0.2) is 26.8 Å². The van der Waals surface area contributed by atoms with Crippen molar-refractivity contribution in [1.29, 1.82) is 0 Å². The van der Waals surface area contributed by atoms with E-state index in [1.165, 1.54) is 0 Å². The summed E-state index contributed by atoms with van der Waals surface area (Å²) in [6.45, 7) is 10.6. The number of hydrogen-bond donors (Lipinski definition) is 1. The summed E-state index contributed by atoms with van der Waals surface area (Å²) in [5, 5.41) is 15.4. The molecule has 0 aliphatic heterocycles. The van der Waals surface area contributed by atoms with Crippen LogP contribution in [0.5, 0.6) is 0 Å². The largest absolute Gasteiger partial charge is 0.309 e. The molecule has 0 unspecified atom stereocenters. The Kier molecular flexibility index (Phi) is 4.49. The van der Waals surface area contributed by atoms with Gasteiger partial charge in [-0.05, 0) is 33.9 Å². The molecule has 0 fully saturated rings. The van der Waals surface area contributed by atoms with Gasteiger partial charge in [0.25, 0.3) is 0 Å². The van der Waals surface area contributed by atoms with Crippen LogP contribution in [0.15, 0.2) is 30.3 Å². The maximum atomic E-state index is 4.10. The zero-order valence-corrected chi connectivity index (χ0v) is 12.7. The lowest BCUT2D eigenvalue weighted by Crippen LogP contribution is -2.33. The van der Waals surface area contributed by atoms with Crippen molar-refractivity contribution in [1.82, 2.24) is 25.5 Å². The highest BCUT2D eigenvalue weighted by Crippen LogP contribution is 2.24. The van der Waals surface area contributed by atoms with Crippen molar-refractivity contribution in [2.75, 3.05) is 6.54 Å². The van der Waals surface area contributed by atoms with Crippen LogP contribution in [0.3, 0.4) is 0 Å². The second-order valence-electron chi connectivity index (χ2n) is 6.09. The second kappa shape index (κ2) is 6.13. The Hall–Kier alpha value is -1.75. The molecule has 1 aromatic heterocycles. The summed E-state index contributed by atoms with van der Waals surface area (Å²) in [6, 6.07) is 9.94. The molecule has 1 heterocycles. The van der Waals surface area contributed by atoms with Gasteiger partial charge in [-0.2, -0.15) is 4.68 Å². The highest BCUT2D eigenvalue weighted by Gasteiger charge is 2.22. The minimum atomic E-state index is 0.255. The first-order valence-corrected chi connectivity index (χ1v) is 7.04. The molecule has 0 amide bonds. The molecule has 2 rings (SSSR count). The third-order valence-electron chi connectivity index (χ3n) is 3.96. The fourth-order valence-electron chi connectivity index (χ4n) is 1.79. The molecule has 2 aromatic rings. The second-order valence-corrected chi connectivity index (χ2v) is 6.09. The van der Waals surface area contributed by atoms with Gasteiger partial charge in [-0.15, -0.1) is 5.10 Å². The van der Waals surface area contributed by atoms with Gasteiger partial charge in [-0.3, -0.25) is 0 Å². The van der Waals surface area contributed by atoms with E-state index >= 15 is 0 Å². The number of benzene rings is 1. The fourth-order valence-corrected chi connectivity index (χ4v) is 1.79. The lowest BCUT2D eigenvalue weighted by molar-refractivity contribution is 0.237. The summed E-state index contributed by atoms with van der Waals surface area (Å²) in [4.78, 5) is 0. The molecule has 1 N–H and O–H groups in total. The lowest BCUT2D eigenvalue weighted by atomic mass is 9.81. The highest BCUT2D eigenvalue weighted by atomic mass is 15.5. The van der Waals surface area contributed by atoms with Crippen LogP contribution in [0.2, 0.25) is 0 Å². The van der Waals surface area contributed by atoms with Gasteiger partial charge in [0, 0.05) is 6.54 Å². The maximum Gasteiger partial charge on any atom is 0.170 e. The minimum absolute atomic E-state index is 0.255. The highest BCUT2D eigenvalue weighted by molar-refractivity contribution is 5.30. The zero-order valence-electron chi connectivity index (χ0n) is 12.7. The van der Waals surface area contributed by atoms with Crippen molar-refractivity contribution in [2.24, 2.45) is 11.3 Å². The molecule has 0 spiro atoms. The van der Waals surface area contributed by atoms with E-state index in [0.29, 0.717) is 12.5 Å². The Labute approximate surface area is 120 Å². The van der Waals surface area contributed by atoms with Crippen molar-refractivity contribution in [3.05, 3.63) is 36.2 Å². The van der Waals surface area contributed by atoms with E-state index in [1.807, 2.05) is 30.3 Å². The molecular formula is C15H23N5.